The molecule has 0 N–H and O–H groups in total. The Kier molecular flexibility index (Phi) is 3.86. The third-order valence-electron chi connectivity index (χ3n) is 3.79. The van der Waals surface area contributed by atoms with E-state index >= 15 is 0 Å². The van der Waals surface area contributed by atoms with E-state index in [1.807, 2.05) is 0 Å². The molecule has 0 radical (unpaired) electrons. The lowest BCUT2D eigenvalue weighted by molar-refractivity contribution is 1.06. The van der Waals surface area contributed by atoms with Crippen molar-refractivity contribution >= 4 is 0 Å². The maximum absolute atomic E-state index is 2.35. The van der Waals surface area contributed by atoms with Crippen LogP contribution in [0.5, 0.6) is 0 Å². The summed E-state index contributed by atoms with van der Waals surface area (Å²) in [5.74, 6) is 0. The minimum absolute atomic E-state index is 1.07. The summed E-state index contributed by atoms with van der Waals surface area (Å²) in [6, 6.07) is 6.80. The monoisotopic (exact) mass is 238 g/mol. The van der Waals surface area contributed by atoms with Gasteiger partial charge < -0.3 is 0 Å². The first-order valence-corrected chi connectivity index (χ1v) is 6.66. The second-order valence-corrected chi connectivity index (χ2v) is 5.37. The summed E-state index contributed by atoms with van der Waals surface area (Å²) in [5, 5.41) is 0. The normalized spacial score (nSPS) is 15.7. The number of allylic oxidation sites excluding steroid dienone is 6. The van der Waals surface area contributed by atoms with Crippen LogP contribution in [-0.4, -0.2) is 0 Å². The largest absolute Gasteiger partial charge is 0.0802 e. The molecular formula is C18H22. The first-order chi connectivity index (χ1) is 8.56. The van der Waals surface area contributed by atoms with Crippen molar-refractivity contribution in [2.45, 2.75) is 40.5 Å². The van der Waals surface area contributed by atoms with Crippen LogP contribution in [0.2, 0.25) is 0 Å². The fraction of sp³-hybridized carbons (Fsp3) is 0.333. The highest BCUT2D eigenvalue weighted by Crippen LogP contribution is 2.21. The van der Waals surface area contributed by atoms with E-state index in [1.54, 1.807) is 0 Å². The molecule has 0 saturated heterocycles. The van der Waals surface area contributed by atoms with Gasteiger partial charge in [0.1, 0.15) is 0 Å². The molecule has 1 aromatic rings. The molecule has 0 heteroatoms. The first kappa shape index (κ1) is 12.9. The van der Waals surface area contributed by atoms with E-state index in [0.717, 1.165) is 12.8 Å². The fourth-order valence-corrected chi connectivity index (χ4v) is 2.30. The lowest BCUT2D eigenvalue weighted by Crippen LogP contribution is -1.92. The van der Waals surface area contributed by atoms with Gasteiger partial charge in [0.2, 0.25) is 0 Å². The average molecular weight is 238 g/mol. The molecule has 0 aromatic heterocycles. The summed E-state index contributed by atoms with van der Waals surface area (Å²) in [6.45, 7) is 8.74. The molecule has 2 rings (SSSR count). The third kappa shape index (κ3) is 3.01. The van der Waals surface area contributed by atoms with Crippen molar-refractivity contribution in [3.05, 3.63) is 69.8 Å². The smallest absolute Gasteiger partial charge is 0.00607 e. The van der Waals surface area contributed by atoms with Gasteiger partial charge in [-0.2, -0.15) is 0 Å². The Morgan fingerprint density at radius 2 is 1.72 bits per heavy atom. The molecule has 0 amide bonds. The van der Waals surface area contributed by atoms with Gasteiger partial charge in [-0.25, -0.2) is 0 Å². The molecule has 0 unspecified atom stereocenters. The van der Waals surface area contributed by atoms with Crippen LogP contribution in [0.4, 0.5) is 0 Å². The summed E-state index contributed by atoms with van der Waals surface area (Å²) in [5.41, 5.74) is 8.46. The number of hydrogen-bond donors (Lipinski definition) is 0. The van der Waals surface area contributed by atoms with Gasteiger partial charge in [0, 0.05) is 0 Å². The predicted octanol–water partition coefficient (Wildman–Crippen LogP) is 5.07. The van der Waals surface area contributed by atoms with Crippen LogP contribution in [0.15, 0.2) is 53.1 Å². The Labute approximate surface area is 111 Å². The first-order valence-electron chi connectivity index (χ1n) is 6.66. The van der Waals surface area contributed by atoms with Crippen molar-refractivity contribution in [3.63, 3.8) is 0 Å². The standard InChI is InChI=1S/C18H22/c1-13-6-5-7-17(10-15(13)3)12-18-9-8-14(2)16(4)11-18/h5-6,8-11H,7,12H2,1-4H3. The highest BCUT2D eigenvalue weighted by molar-refractivity contribution is 5.39. The van der Waals surface area contributed by atoms with Crippen LogP contribution in [0.25, 0.3) is 0 Å². The van der Waals surface area contributed by atoms with Gasteiger partial charge in [0.25, 0.3) is 0 Å². The van der Waals surface area contributed by atoms with E-state index in [2.05, 4.69) is 64.1 Å². The molecule has 1 aliphatic carbocycles. The van der Waals surface area contributed by atoms with Crippen molar-refractivity contribution in [2.24, 2.45) is 0 Å². The molecule has 94 valence electrons. The fourth-order valence-electron chi connectivity index (χ4n) is 2.30. The highest BCUT2D eigenvalue weighted by atomic mass is 14.1. The number of rotatable bonds is 2. The van der Waals surface area contributed by atoms with Crippen LogP contribution in [0.3, 0.4) is 0 Å². The molecule has 0 bridgehead atoms. The van der Waals surface area contributed by atoms with Crippen LogP contribution >= 0.6 is 0 Å². The van der Waals surface area contributed by atoms with Crippen molar-refractivity contribution in [3.8, 4) is 0 Å². The Hall–Kier alpha value is -1.56. The quantitative estimate of drug-likeness (QED) is 0.675. The number of hydrogen-bond acceptors (Lipinski definition) is 0. The van der Waals surface area contributed by atoms with Crippen molar-refractivity contribution < 1.29 is 0 Å². The second-order valence-electron chi connectivity index (χ2n) is 5.37. The van der Waals surface area contributed by atoms with Gasteiger partial charge in [-0.1, -0.05) is 42.0 Å². The van der Waals surface area contributed by atoms with Gasteiger partial charge in [0.15, 0.2) is 0 Å². The minimum Gasteiger partial charge on any atom is -0.0802 e. The Bertz CT molecular complexity index is 539. The van der Waals surface area contributed by atoms with Crippen molar-refractivity contribution in [1.29, 1.82) is 0 Å². The summed E-state index contributed by atoms with van der Waals surface area (Å²) < 4.78 is 0. The molecule has 0 fully saturated rings. The number of aryl methyl sites for hydroxylation is 2. The Morgan fingerprint density at radius 3 is 2.44 bits per heavy atom. The summed E-state index contributed by atoms with van der Waals surface area (Å²) in [7, 11) is 0. The van der Waals surface area contributed by atoms with Crippen LogP contribution in [0.1, 0.15) is 37.0 Å². The zero-order valence-corrected chi connectivity index (χ0v) is 11.9. The second kappa shape index (κ2) is 5.39. The maximum atomic E-state index is 2.35. The van der Waals surface area contributed by atoms with Crippen LogP contribution < -0.4 is 0 Å². The topological polar surface area (TPSA) is 0 Å². The van der Waals surface area contributed by atoms with Crippen molar-refractivity contribution in [2.75, 3.05) is 0 Å². The highest BCUT2D eigenvalue weighted by Gasteiger charge is 2.04. The van der Waals surface area contributed by atoms with Gasteiger partial charge in [-0.3, -0.25) is 0 Å². The summed E-state index contributed by atoms with van der Waals surface area (Å²) in [6.07, 6.45) is 9.00. The molecule has 1 aliphatic rings. The minimum atomic E-state index is 1.07. The molecule has 1 aromatic carbocycles. The van der Waals surface area contributed by atoms with Crippen LogP contribution in [-0.2, 0) is 6.42 Å². The zero-order valence-electron chi connectivity index (χ0n) is 11.9. The van der Waals surface area contributed by atoms with E-state index in [-0.39, 0.29) is 0 Å². The summed E-state index contributed by atoms with van der Waals surface area (Å²) >= 11 is 0. The van der Waals surface area contributed by atoms with Crippen molar-refractivity contribution in [1.82, 2.24) is 0 Å². The molecule has 0 aliphatic heterocycles. The molecular weight excluding hydrogens is 216 g/mol. The molecule has 0 spiro atoms. The SMILES string of the molecule is CC1=C(C)C=C(Cc2ccc(C)c(C)c2)CC=C1. The van der Waals surface area contributed by atoms with Gasteiger partial charge in [-0.05, 0) is 68.4 Å². The third-order valence-corrected chi connectivity index (χ3v) is 3.79. The lowest BCUT2D eigenvalue weighted by atomic mass is 9.98. The zero-order chi connectivity index (χ0) is 13.1. The van der Waals surface area contributed by atoms with E-state index in [0.29, 0.717) is 0 Å². The Morgan fingerprint density at radius 1 is 0.944 bits per heavy atom. The van der Waals surface area contributed by atoms with Gasteiger partial charge >= 0.3 is 0 Å². The van der Waals surface area contributed by atoms with E-state index in [1.165, 1.54) is 33.4 Å². The molecule has 0 heterocycles. The molecule has 0 saturated carbocycles. The average Bonchev–Trinajstić information content (AvgIpc) is 2.47. The van der Waals surface area contributed by atoms with E-state index < -0.39 is 0 Å². The lowest BCUT2D eigenvalue weighted by Gasteiger charge is -2.08. The maximum Gasteiger partial charge on any atom is -0.00607 e. The van der Waals surface area contributed by atoms with Crippen LogP contribution in [0, 0.1) is 13.8 Å². The van der Waals surface area contributed by atoms with Gasteiger partial charge in [-0.15, -0.1) is 0 Å². The summed E-state index contributed by atoms with van der Waals surface area (Å²) in [4.78, 5) is 0. The van der Waals surface area contributed by atoms with E-state index in [4.69, 9.17) is 0 Å². The van der Waals surface area contributed by atoms with E-state index in [9.17, 15) is 0 Å². The molecule has 0 nitrogen and oxygen atoms in total. The van der Waals surface area contributed by atoms with Gasteiger partial charge in [0.05, 0.1) is 0 Å². The molecule has 18 heavy (non-hydrogen) atoms. The number of benzene rings is 1. The molecule has 0 atom stereocenters. The Balaban J connectivity index is 2.22. The predicted molar refractivity (Wildman–Crippen MR) is 79.8 cm³/mol.